The number of benzene rings is 1. The molecule has 114 valence electrons. The van der Waals surface area contributed by atoms with Gasteiger partial charge in [0.2, 0.25) is 0 Å². The zero-order chi connectivity index (χ0) is 13.9. The van der Waals surface area contributed by atoms with E-state index in [1.54, 1.807) is 7.11 Å². The molecular weight excluding hydrogens is 286 g/mol. The molecule has 2 aromatic rings. The van der Waals surface area contributed by atoms with Crippen molar-refractivity contribution in [2.24, 2.45) is 0 Å². The molecule has 21 heavy (non-hydrogen) atoms. The summed E-state index contributed by atoms with van der Waals surface area (Å²) in [6.07, 6.45) is 4.34. The Morgan fingerprint density at radius 3 is 2.71 bits per heavy atom. The van der Waals surface area contributed by atoms with Crippen LogP contribution in [0, 0.1) is 0 Å². The number of aromatic nitrogens is 1. The van der Waals surface area contributed by atoms with Crippen LogP contribution in [-0.4, -0.2) is 38.3 Å². The van der Waals surface area contributed by atoms with Gasteiger partial charge < -0.3 is 15.0 Å². The molecule has 1 aromatic carbocycles. The monoisotopic (exact) mass is 307 g/mol. The quantitative estimate of drug-likeness (QED) is 0.946. The summed E-state index contributed by atoms with van der Waals surface area (Å²) < 4.78 is 5.29. The highest BCUT2D eigenvalue weighted by Gasteiger charge is 2.18. The third kappa shape index (κ3) is 3.39. The minimum Gasteiger partial charge on any atom is -0.497 e. The molecule has 0 radical (unpaired) electrons. The second-order valence-corrected chi connectivity index (χ2v) is 5.34. The van der Waals surface area contributed by atoms with Gasteiger partial charge in [0.05, 0.1) is 24.5 Å². The molecule has 0 atom stereocenters. The molecular formula is C16H22ClN3O. The average molecular weight is 308 g/mol. The molecule has 0 unspecified atom stereocenters. The van der Waals surface area contributed by atoms with E-state index < -0.39 is 0 Å². The van der Waals surface area contributed by atoms with Crippen molar-refractivity contribution in [3.05, 3.63) is 30.5 Å². The third-order valence-electron chi connectivity index (χ3n) is 4.14. The van der Waals surface area contributed by atoms with Crippen LogP contribution in [0.15, 0.2) is 30.5 Å². The van der Waals surface area contributed by atoms with Gasteiger partial charge in [0.25, 0.3) is 0 Å². The Hall–Kier alpha value is -1.52. The van der Waals surface area contributed by atoms with E-state index >= 15 is 0 Å². The topological polar surface area (TPSA) is 37.4 Å². The van der Waals surface area contributed by atoms with Crippen LogP contribution in [0.3, 0.4) is 0 Å². The van der Waals surface area contributed by atoms with Gasteiger partial charge in [-0.1, -0.05) is 0 Å². The van der Waals surface area contributed by atoms with E-state index in [-0.39, 0.29) is 12.4 Å². The van der Waals surface area contributed by atoms with Gasteiger partial charge in [-0.25, -0.2) is 0 Å². The highest BCUT2D eigenvalue weighted by Crippen LogP contribution is 2.25. The van der Waals surface area contributed by atoms with E-state index in [1.165, 1.54) is 18.5 Å². The lowest BCUT2D eigenvalue weighted by Crippen LogP contribution is -2.41. The van der Waals surface area contributed by atoms with Gasteiger partial charge in [0.15, 0.2) is 0 Å². The molecule has 1 aliphatic heterocycles. The molecule has 2 heterocycles. The van der Waals surface area contributed by atoms with Crippen LogP contribution in [0.2, 0.25) is 0 Å². The van der Waals surface area contributed by atoms with Crippen molar-refractivity contribution >= 4 is 29.0 Å². The highest BCUT2D eigenvalue weighted by atomic mass is 35.5. The normalized spacial score (nSPS) is 15.5. The fourth-order valence-corrected chi connectivity index (χ4v) is 2.82. The Balaban J connectivity index is 0.00000161. The number of nitrogens with one attached hydrogen (secondary N) is 1. The number of hydrogen-bond acceptors (Lipinski definition) is 4. The summed E-state index contributed by atoms with van der Waals surface area (Å²) >= 11 is 0. The van der Waals surface area contributed by atoms with Crippen molar-refractivity contribution in [3.8, 4) is 5.75 Å². The number of methoxy groups -OCH3 is 1. The van der Waals surface area contributed by atoms with E-state index in [1.807, 2.05) is 24.4 Å². The minimum absolute atomic E-state index is 0. The van der Waals surface area contributed by atoms with Gasteiger partial charge >= 0.3 is 0 Å². The van der Waals surface area contributed by atoms with E-state index in [2.05, 4.69) is 28.3 Å². The summed E-state index contributed by atoms with van der Waals surface area (Å²) in [7, 11) is 3.86. The molecule has 1 aromatic heterocycles. The Bertz CT molecular complexity index is 599. The Kier molecular flexibility index (Phi) is 5.26. The molecule has 1 N–H and O–H groups in total. The molecule has 0 saturated carbocycles. The van der Waals surface area contributed by atoms with Crippen molar-refractivity contribution in [3.63, 3.8) is 0 Å². The first-order valence-corrected chi connectivity index (χ1v) is 7.15. The molecule has 5 heteroatoms. The van der Waals surface area contributed by atoms with E-state index in [9.17, 15) is 0 Å². The maximum atomic E-state index is 5.29. The number of piperidine rings is 1. The van der Waals surface area contributed by atoms with Gasteiger partial charge in [-0.2, -0.15) is 0 Å². The first-order valence-electron chi connectivity index (χ1n) is 7.15. The van der Waals surface area contributed by atoms with Crippen LogP contribution >= 0.6 is 12.4 Å². The van der Waals surface area contributed by atoms with Crippen LogP contribution < -0.4 is 15.0 Å². The number of rotatable bonds is 3. The Morgan fingerprint density at radius 1 is 1.24 bits per heavy atom. The molecule has 1 saturated heterocycles. The van der Waals surface area contributed by atoms with E-state index in [0.717, 1.165) is 29.7 Å². The first-order chi connectivity index (χ1) is 9.78. The minimum atomic E-state index is 0. The Labute approximate surface area is 131 Å². The predicted octanol–water partition coefficient (Wildman–Crippen LogP) is 2.85. The van der Waals surface area contributed by atoms with Gasteiger partial charge in [0.1, 0.15) is 5.75 Å². The molecule has 4 nitrogen and oxygen atoms in total. The molecule has 1 aliphatic rings. The van der Waals surface area contributed by atoms with E-state index in [0.29, 0.717) is 6.04 Å². The maximum Gasteiger partial charge on any atom is 0.119 e. The number of anilines is 1. The summed E-state index contributed by atoms with van der Waals surface area (Å²) in [4.78, 5) is 6.91. The summed E-state index contributed by atoms with van der Waals surface area (Å²) in [6, 6.07) is 8.80. The average Bonchev–Trinajstić information content (AvgIpc) is 2.54. The first kappa shape index (κ1) is 15.9. The van der Waals surface area contributed by atoms with Crippen LogP contribution in [0.4, 0.5) is 5.69 Å². The van der Waals surface area contributed by atoms with Gasteiger partial charge in [-0.05, 0) is 50.2 Å². The second-order valence-electron chi connectivity index (χ2n) is 5.34. The number of pyridine rings is 1. The number of fused-ring (bicyclic) bond motifs is 1. The number of halogens is 1. The lowest BCUT2D eigenvalue weighted by Gasteiger charge is -2.33. The van der Waals surface area contributed by atoms with E-state index in [4.69, 9.17) is 4.74 Å². The number of ether oxygens (including phenoxy) is 1. The van der Waals surface area contributed by atoms with Gasteiger partial charge in [-0.15, -0.1) is 12.4 Å². The van der Waals surface area contributed by atoms with Crippen LogP contribution in [0.5, 0.6) is 5.75 Å². The van der Waals surface area contributed by atoms with Crippen LogP contribution in [-0.2, 0) is 0 Å². The zero-order valence-electron chi connectivity index (χ0n) is 12.5. The molecule has 0 bridgehead atoms. The Morgan fingerprint density at radius 2 is 2.00 bits per heavy atom. The van der Waals surface area contributed by atoms with Crippen molar-refractivity contribution < 1.29 is 4.74 Å². The van der Waals surface area contributed by atoms with Crippen LogP contribution in [0.1, 0.15) is 12.8 Å². The SMILES string of the molecule is COc1ccc2ncc(N(C)C3CCNCC3)cc2c1.Cl. The summed E-state index contributed by atoms with van der Waals surface area (Å²) in [5.74, 6) is 0.876. The number of nitrogens with zero attached hydrogens (tertiary/aromatic N) is 2. The molecule has 0 spiro atoms. The zero-order valence-corrected chi connectivity index (χ0v) is 13.3. The van der Waals surface area contributed by atoms with Gasteiger partial charge in [0, 0.05) is 18.5 Å². The summed E-state index contributed by atoms with van der Waals surface area (Å²) in [5.41, 5.74) is 2.19. The fraction of sp³-hybridized carbons (Fsp3) is 0.438. The van der Waals surface area contributed by atoms with Crippen molar-refractivity contribution in [1.29, 1.82) is 0 Å². The third-order valence-corrected chi connectivity index (χ3v) is 4.14. The lowest BCUT2D eigenvalue weighted by molar-refractivity contribution is 0.415. The van der Waals surface area contributed by atoms with Crippen molar-refractivity contribution in [2.75, 3.05) is 32.1 Å². The highest BCUT2D eigenvalue weighted by molar-refractivity contribution is 5.85. The molecule has 0 aliphatic carbocycles. The lowest BCUT2D eigenvalue weighted by atomic mass is 10.0. The largest absolute Gasteiger partial charge is 0.497 e. The second kappa shape index (κ2) is 6.96. The fourth-order valence-electron chi connectivity index (χ4n) is 2.82. The van der Waals surface area contributed by atoms with Crippen molar-refractivity contribution in [2.45, 2.75) is 18.9 Å². The summed E-state index contributed by atoms with van der Waals surface area (Å²) in [5, 5.41) is 4.53. The molecule has 0 amide bonds. The smallest absolute Gasteiger partial charge is 0.119 e. The molecule has 3 rings (SSSR count). The predicted molar refractivity (Wildman–Crippen MR) is 89.8 cm³/mol. The number of hydrogen-bond donors (Lipinski definition) is 1. The van der Waals surface area contributed by atoms with Crippen molar-refractivity contribution in [1.82, 2.24) is 10.3 Å². The standard InChI is InChI=1S/C16H21N3O.ClH/c1-19(13-5-7-17-8-6-13)14-9-12-10-15(20-2)3-4-16(12)18-11-14;/h3-4,9-11,13,17H,5-8H2,1-2H3;1H. The summed E-state index contributed by atoms with van der Waals surface area (Å²) in [6.45, 7) is 2.20. The van der Waals surface area contributed by atoms with Crippen LogP contribution in [0.25, 0.3) is 10.9 Å². The maximum absolute atomic E-state index is 5.29. The van der Waals surface area contributed by atoms with Gasteiger partial charge in [-0.3, -0.25) is 4.98 Å². The molecule has 1 fully saturated rings.